The van der Waals surface area contributed by atoms with Crippen LogP contribution in [0.1, 0.15) is 62.8 Å². The average Bonchev–Trinajstić information content (AvgIpc) is 2.97. The number of ketones is 1. The van der Waals surface area contributed by atoms with E-state index in [1.165, 1.54) is 0 Å². The lowest BCUT2D eigenvalue weighted by Gasteiger charge is -2.33. The second kappa shape index (κ2) is 18.0. The van der Waals surface area contributed by atoms with Crippen LogP contribution >= 0.6 is 0 Å². The normalized spacial score (nSPS) is 18.8. The number of rotatable bonds is 18. The van der Waals surface area contributed by atoms with Crippen LogP contribution < -0.4 is 10.1 Å². The third-order valence-corrected chi connectivity index (χ3v) is 7.74. The Labute approximate surface area is 236 Å². The summed E-state index contributed by atoms with van der Waals surface area (Å²) >= 11 is 0. The number of carboxylic acids is 1. The second-order valence-electron chi connectivity index (χ2n) is 10.7. The summed E-state index contributed by atoms with van der Waals surface area (Å²) in [5.74, 6) is -0.422. The third kappa shape index (κ3) is 11.5. The van der Waals surface area contributed by atoms with Gasteiger partial charge in [-0.1, -0.05) is 12.1 Å². The first kappa shape index (κ1) is 32.0. The molecule has 9 nitrogen and oxygen atoms in total. The van der Waals surface area contributed by atoms with Gasteiger partial charge in [0, 0.05) is 37.8 Å². The van der Waals surface area contributed by atoms with Crippen molar-refractivity contribution < 1.29 is 38.1 Å². The fourth-order valence-electron chi connectivity index (χ4n) is 5.50. The summed E-state index contributed by atoms with van der Waals surface area (Å²) in [7, 11) is 0. The molecule has 2 N–H and O–H groups in total. The van der Waals surface area contributed by atoms with Crippen LogP contribution in [0.3, 0.4) is 0 Å². The van der Waals surface area contributed by atoms with Gasteiger partial charge in [-0.2, -0.15) is 0 Å². The number of hydrogen-bond acceptors (Lipinski definition) is 7. The molecular formula is C30H45FN2O7. The number of ether oxygens (including phenoxy) is 3. The standard InChI is InChI=1S/C30H45FN2O7/c31-10-14-38-15-16-39-17-18-40-27-5-1-3-24(19-27)26(21-30(36)37)20-28(34)25-4-2-13-33(22-25)29(35)7-6-23-8-11-32-12-9-23/h1,3,5,19,23,25-26,32H,2,4,6-18,20-22H2,(H,36,37)/t25-,26+/m1/s1. The van der Waals surface area contributed by atoms with Crippen molar-refractivity contribution in [1.29, 1.82) is 0 Å². The molecule has 1 aromatic carbocycles. The summed E-state index contributed by atoms with van der Waals surface area (Å²) in [6.07, 6.45) is 5.09. The van der Waals surface area contributed by atoms with E-state index in [2.05, 4.69) is 5.32 Å². The predicted octanol–water partition coefficient (Wildman–Crippen LogP) is 3.60. The van der Waals surface area contributed by atoms with Crippen molar-refractivity contribution in [3.05, 3.63) is 29.8 Å². The maximum atomic E-state index is 13.3. The molecule has 0 radical (unpaired) electrons. The average molecular weight is 565 g/mol. The number of benzene rings is 1. The second-order valence-corrected chi connectivity index (χ2v) is 10.7. The summed E-state index contributed by atoms with van der Waals surface area (Å²) in [6, 6.07) is 7.17. The van der Waals surface area contributed by atoms with E-state index < -0.39 is 18.6 Å². The number of carbonyl (C=O) groups is 3. The Hall–Kier alpha value is -2.56. The van der Waals surface area contributed by atoms with E-state index in [1.807, 2.05) is 11.0 Å². The zero-order valence-electron chi connectivity index (χ0n) is 23.5. The maximum Gasteiger partial charge on any atom is 0.303 e. The lowest BCUT2D eigenvalue weighted by molar-refractivity contribution is -0.137. The minimum atomic E-state index is -0.967. The highest BCUT2D eigenvalue weighted by Gasteiger charge is 2.31. The van der Waals surface area contributed by atoms with Gasteiger partial charge in [-0.05, 0) is 68.8 Å². The highest BCUT2D eigenvalue weighted by atomic mass is 19.1. The smallest absolute Gasteiger partial charge is 0.303 e. The van der Waals surface area contributed by atoms with Gasteiger partial charge in [0.1, 0.15) is 24.8 Å². The maximum absolute atomic E-state index is 13.3. The van der Waals surface area contributed by atoms with Gasteiger partial charge in [0.2, 0.25) is 5.91 Å². The van der Waals surface area contributed by atoms with Gasteiger partial charge < -0.3 is 29.5 Å². The lowest BCUT2D eigenvalue weighted by atomic mass is 9.84. The summed E-state index contributed by atoms with van der Waals surface area (Å²) in [6.45, 7) is 3.94. The van der Waals surface area contributed by atoms with Gasteiger partial charge in [0.25, 0.3) is 0 Å². The summed E-state index contributed by atoms with van der Waals surface area (Å²) < 4.78 is 28.2. The number of hydrogen-bond donors (Lipinski definition) is 2. The van der Waals surface area contributed by atoms with Crippen LogP contribution in [0.2, 0.25) is 0 Å². The number of piperidine rings is 2. The molecule has 2 fully saturated rings. The molecule has 0 saturated carbocycles. The summed E-state index contributed by atoms with van der Waals surface area (Å²) in [4.78, 5) is 39.7. The van der Waals surface area contributed by atoms with Crippen LogP contribution in [0.15, 0.2) is 24.3 Å². The first-order chi connectivity index (χ1) is 19.5. The fourth-order valence-corrected chi connectivity index (χ4v) is 5.50. The largest absolute Gasteiger partial charge is 0.491 e. The zero-order chi connectivity index (χ0) is 28.6. The summed E-state index contributed by atoms with van der Waals surface area (Å²) in [5.41, 5.74) is 0.736. The van der Waals surface area contributed by atoms with Crippen molar-refractivity contribution in [2.24, 2.45) is 11.8 Å². The van der Waals surface area contributed by atoms with Crippen molar-refractivity contribution in [3.8, 4) is 5.75 Å². The van der Waals surface area contributed by atoms with Crippen molar-refractivity contribution >= 4 is 17.7 Å². The molecule has 0 bridgehead atoms. The van der Waals surface area contributed by atoms with E-state index >= 15 is 0 Å². The van der Waals surface area contributed by atoms with Crippen LogP contribution in [-0.4, -0.2) is 93.6 Å². The first-order valence-electron chi connectivity index (χ1n) is 14.6. The number of halogens is 1. The van der Waals surface area contributed by atoms with Crippen LogP contribution in [0.5, 0.6) is 5.75 Å². The number of alkyl halides is 1. The molecule has 40 heavy (non-hydrogen) atoms. The third-order valence-electron chi connectivity index (χ3n) is 7.74. The van der Waals surface area contributed by atoms with Crippen molar-refractivity contribution in [1.82, 2.24) is 10.2 Å². The minimum Gasteiger partial charge on any atom is -0.491 e. The van der Waals surface area contributed by atoms with E-state index in [4.69, 9.17) is 14.2 Å². The molecule has 3 rings (SSSR count). The highest BCUT2D eigenvalue weighted by Crippen LogP contribution is 2.30. The molecule has 0 aliphatic carbocycles. The van der Waals surface area contributed by atoms with Crippen molar-refractivity contribution in [2.45, 2.75) is 57.3 Å². The Morgan fingerprint density at radius 3 is 2.52 bits per heavy atom. The van der Waals surface area contributed by atoms with Crippen LogP contribution in [-0.2, 0) is 23.9 Å². The molecule has 2 aliphatic heterocycles. The molecule has 0 spiro atoms. The Balaban J connectivity index is 1.49. The number of likely N-dealkylation sites (tertiary alicyclic amines) is 1. The van der Waals surface area contributed by atoms with E-state index in [1.54, 1.807) is 18.2 Å². The molecule has 0 unspecified atom stereocenters. The molecule has 2 heterocycles. The zero-order valence-corrected chi connectivity index (χ0v) is 23.5. The van der Waals surface area contributed by atoms with E-state index in [-0.39, 0.29) is 37.1 Å². The Morgan fingerprint density at radius 2 is 1.77 bits per heavy atom. The SMILES string of the molecule is O=C(O)C[C@H](CC(=O)[C@@H]1CCCN(C(=O)CCC2CCNCC2)C1)c1cccc(OCCOCCOCCF)c1. The topological polar surface area (TPSA) is 114 Å². The van der Waals surface area contributed by atoms with E-state index in [0.29, 0.717) is 57.6 Å². The highest BCUT2D eigenvalue weighted by molar-refractivity contribution is 5.84. The van der Waals surface area contributed by atoms with Gasteiger partial charge in [-0.15, -0.1) is 0 Å². The first-order valence-corrected chi connectivity index (χ1v) is 14.6. The van der Waals surface area contributed by atoms with Crippen molar-refractivity contribution in [3.63, 3.8) is 0 Å². The van der Waals surface area contributed by atoms with Crippen LogP contribution in [0, 0.1) is 11.8 Å². The quantitative estimate of drug-likeness (QED) is 0.260. The molecule has 1 amide bonds. The van der Waals surface area contributed by atoms with E-state index in [9.17, 15) is 23.9 Å². The molecule has 1 aromatic rings. The molecule has 10 heteroatoms. The number of aliphatic carboxylic acids is 1. The van der Waals surface area contributed by atoms with Crippen LogP contribution in [0.25, 0.3) is 0 Å². The molecular weight excluding hydrogens is 519 g/mol. The number of Topliss-reactive ketones (excluding diaryl/α,β-unsaturated/α-hetero) is 1. The predicted molar refractivity (Wildman–Crippen MR) is 148 cm³/mol. The number of amides is 1. The number of nitrogens with zero attached hydrogens (tertiary/aromatic N) is 1. The van der Waals surface area contributed by atoms with Gasteiger partial charge in [-0.25, -0.2) is 4.39 Å². The van der Waals surface area contributed by atoms with Gasteiger partial charge in [0.15, 0.2) is 0 Å². The van der Waals surface area contributed by atoms with Gasteiger partial charge in [-0.3, -0.25) is 14.4 Å². The van der Waals surface area contributed by atoms with Gasteiger partial charge in [0.05, 0.1) is 32.8 Å². The molecule has 2 atom stereocenters. The summed E-state index contributed by atoms with van der Waals surface area (Å²) in [5, 5.41) is 12.9. The van der Waals surface area contributed by atoms with Gasteiger partial charge >= 0.3 is 5.97 Å². The van der Waals surface area contributed by atoms with Crippen molar-refractivity contribution in [2.75, 3.05) is 65.9 Å². The number of carbonyl (C=O) groups excluding carboxylic acids is 2. The molecule has 0 aromatic heterocycles. The Kier molecular flexibility index (Phi) is 14.4. The Morgan fingerprint density at radius 1 is 1.02 bits per heavy atom. The lowest BCUT2D eigenvalue weighted by Crippen LogP contribution is -2.42. The van der Waals surface area contributed by atoms with E-state index in [0.717, 1.165) is 50.8 Å². The Bertz CT molecular complexity index is 925. The minimum absolute atomic E-state index is 0.0109. The monoisotopic (exact) mass is 564 g/mol. The molecule has 224 valence electrons. The number of carboxylic acid groups (broad SMARTS) is 1. The van der Waals surface area contributed by atoms with Crippen LogP contribution in [0.4, 0.5) is 4.39 Å². The fraction of sp³-hybridized carbons (Fsp3) is 0.700. The number of nitrogens with one attached hydrogen (secondary N) is 1. The molecule has 2 saturated heterocycles. The molecule has 2 aliphatic rings.